The first-order valence-electron chi connectivity index (χ1n) is 5.25. The lowest BCUT2D eigenvalue weighted by molar-refractivity contribution is 0.0727. The summed E-state index contributed by atoms with van der Waals surface area (Å²) in [4.78, 5) is 14.3. The lowest BCUT2D eigenvalue weighted by Crippen LogP contribution is -2.33. The molecule has 1 heterocycles. The van der Waals surface area contributed by atoms with Crippen LogP contribution in [0.3, 0.4) is 0 Å². The Bertz CT molecular complexity index is 359. The number of thiophene rings is 1. The summed E-state index contributed by atoms with van der Waals surface area (Å²) in [5, 5.41) is 11.3. The van der Waals surface area contributed by atoms with Crippen LogP contribution < -0.4 is 0 Å². The Morgan fingerprint density at radius 2 is 2.25 bits per heavy atom. The molecule has 1 rings (SSSR count). The molecule has 1 aromatic rings. The largest absolute Gasteiger partial charge is 0.395 e. The van der Waals surface area contributed by atoms with Gasteiger partial charge in [0.2, 0.25) is 0 Å². The number of halogens is 1. The quantitative estimate of drug-likeness (QED) is 0.885. The summed E-state index contributed by atoms with van der Waals surface area (Å²) in [6, 6.07) is 0. The number of aryl methyl sites for hydroxylation is 1. The van der Waals surface area contributed by atoms with Crippen molar-refractivity contribution in [2.24, 2.45) is 0 Å². The molecule has 0 bridgehead atoms. The fraction of sp³-hybridized carbons (Fsp3) is 0.545. The van der Waals surface area contributed by atoms with E-state index in [1.54, 1.807) is 4.90 Å². The number of carbonyl (C=O) groups is 1. The maximum atomic E-state index is 12.1. The third-order valence-corrected chi connectivity index (χ3v) is 3.93. The Balaban J connectivity index is 2.85. The van der Waals surface area contributed by atoms with Crippen molar-refractivity contribution in [2.75, 3.05) is 19.7 Å². The van der Waals surface area contributed by atoms with Gasteiger partial charge in [0.05, 0.1) is 11.6 Å². The zero-order chi connectivity index (χ0) is 12.1. The van der Waals surface area contributed by atoms with Crippen LogP contribution in [0.25, 0.3) is 0 Å². The molecule has 0 aromatic carbocycles. The maximum Gasteiger partial charge on any atom is 0.265 e. The van der Waals surface area contributed by atoms with Crippen molar-refractivity contribution in [1.29, 1.82) is 0 Å². The van der Waals surface area contributed by atoms with Gasteiger partial charge >= 0.3 is 0 Å². The lowest BCUT2D eigenvalue weighted by Gasteiger charge is -2.20. The first-order valence-corrected chi connectivity index (χ1v) is 6.51. The molecule has 0 fully saturated rings. The summed E-state index contributed by atoms with van der Waals surface area (Å²) in [7, 11) is 0. The van der Waals surface area contributed by atoms with Crippen LogP contribution in [0.5, 0.6) is 0 Å². The zero-order valence-electron chi connectivity index (χ0n) is 9.49. The maximum absolute atomic E-state index is 12.1. The van der Waals surface area contributed by atoms with E-state index in [4.69, 9.17) is 16.7 Å². The molecule has 1 aromatic heterocycles. The highest BCUT2D eigenvalue weighted by atomic mass is 35.5. The van der Waals surface area contributed by atoms with E-state index in [0.717, 1.165) is 12.0 Å². The van der Waals surface area contributed by atoms with Crippen molar-refractivity contribution < 1.29 is 9.90 Å². The Morgan fingerprint density at radius 3 is 2.69 bits per heavy atom. The van der Waals surface area contributed by atoms with Crippen LogP contribution >= 0.6 is 22.9 Å². The van der Waals surface area contributed by atoms with Gasteiger partial charge in [-0.15, -0.1) is 11.3 Å². The van der Waals surface area contributed by atoms with Crippen LogP contribution in [0.4, 0.5) is 0 Å². The molecular weight excluding hydrogens is 246 g/mol. The van der Waals surface area contributed by atoms with E-state index in [1.807, 2.05) is 19.2 Å². The van der Waals surface area contributed by atoms with Crippen molar-refractivity contribution in [3.8, 4) is 0 Å². The van der Waals surface area contributed by atoms with Crippen LogP contribution in [-0.2, 0) is 0 Å². The molecule has 0 aliphatic rings. The fourth-order valence-corrected chi connectivity index (χ4v) is 2.66. The second-order valence-corrected chi connectivity index (χ2v) is 4.84. The summed E-state index contributed by atoms with van der Waals surface area (Å²) in [6.45, 7) is 4.87. The minimum Gasteiger partial charge on any atom is -0.395 e. The number of amides is 1. The number of aliphatic hydroxyl groups is 1. The smallest absolute Gasteiger partial charge is 0.265 e. The molecule has 5 heteroatoms. The Labute approximate surface area is 105 Å². The molecule has 0 saturated carbocycles. The third kappa shape index (κ3) is 2.97. The van der Waals surface area contributed by atoms with E-state index in [0.29, 0.717) is 23.0 Å². The molecule has 0 spiro atoms. The summed E-state index contributed by atoms with van der Waals surface area (Å²) in [6.07, 6.45) is 0.869. The minimum atomic E-state index is -0.0843. The normalized spacial score (nSPS) is 10.5. The van der Waals surface area contributed by atoms with Gasteiger partial charge in [-0.3, -0.25) is 4.79 Å². The van der Waals surface area contributed by atoms with Gasteiger partial charge in [-0.25, -0.2) is 0 Å². The van der Waals surface area contributed by atoms with Crippen molar-refractivity contribution in [1.82, 2.24) is 4.90 Å². The molecular formula is C11H16ClNO2S. The SMILES string of the molecule is CCCN(CCO)C(=O)c1scc(C)c1Cl. The number of aliphatic hydroxyl groups excluding tert-OH is 1. The Hall–Kier alpha value is -0.580. The monoisotopic (exact) mass is 261 g/mol. The van der Waals surface area contributed by atoms with E-state index < -0.39 is 0 Å². The van der Waals surface area contributed by atoms with Gasteiger partial charge in [0.1, 0.15) is 4.88 Å². The highest BCUT2D eigenvalue weighted by Crippen LogP contribution is 2.28. The second kappa shape index (κ2) is 6.23. The van der Waals surface area contributed by atoms with Crippen molar-refractivity contribution in [2.45, 2.75) is 20.3 Å². The molecule has 0 atom stereocenters. The predicted molar refractivity (Wildman–Crippen MR) is 67.3 cm³/mol. The zero-order valence-corrected chi connectivity index (χ0v) is 11.1. The van der Waals surface area contributed by atoms with Gasteiger partial charge < -0.3 is 10.0 Å². The van der Waals surface area contributed by atoms with E-state index in [2.05, 4.69) is 0 Å². The molecule has 90 valence electrons. The van der Waals surface area contributed by atoms with Crippen LogP contribution in [0.1, 0.15) is 28.6 Å². The van der Waals surface area contributed by atoms with Gasteiger partial charge in [0, 0.05) is 13.1 Å². The topological polar surface area (TPSA) is 40.5 Å². The number of hydrogen-bond acceptors (Lipinski definition) is 3. The predicted octanol–water partition coefficient (Wildman–Crippen LogP) is 2.55. The van der Waals surface area contributed by atoms with Crippen LogP contribution in [-0.4, -0.2) is 35.6 Å². The number of carbonyl (C=O) groups excluding carboxylic acids is 1. The summed E-state index contributed by atoms with van der Waals surface area (Å²) >= 11 is 7.41. The lowest BCUT2D eigenvalue weighted by atomic mass is 10.3. The molecule has 3 nitrogen and oxygen atoms in total. The number of nitrogens with zero attached hydrogens (tertiary/aromatic N) is 1. The molecule has 16 heavy (non-hydrogen) atoms. The molecule has 1 N–H and O–H groups in total. The van der Waals surface area contributed by atoms with Crippen LogP contribution in [0, 0.1) is 6.92 Å². The van der Waals surface area contributed by atoms with E-state index in [9.17, 15) is 4.79 Å². The highest BCUT2D eigenvalue weighted by molar-refractivity contribution is 7.13. The van der Waals surface area contributed by atoms with Crippen LogP contribution in [0.2, 0.25) is 5.02 Å². The second-order valence-electron chi connectivity index (χ2n) is 3.58. The minimum absolute atomic E-state index is 0.0201. The number of rotatable bonds is 5. The Morgan fingerprint density at radius 1 is 1.56 bits per heavy atom. The standard InChI is InChI=1S/C11H16ClNO2S/c1-3-4-13(5-6-14)11(15)10-9(12)8(2)7-16-10/h7,14H,3-6H2,1-2H3. The fourth-order valence-electron chi connectivity index (χ4n) is 1.42. The molecule has 0 aliphatic carbocycles. The molecule has 0 unspecified atom stereocenters. The van der Waals surface area contributed by atoms with E-state index in [-0.39, 0.29) is 12.5 Å². The van der Waals surface area contributed by atoms with E-state index >= 15 is 0 Å². The van der Waals surface area contributed by atoms with Gasteiger partial charge in [-0.1, -0.05) is 18.5 Å². The molecule has 1 amide bonds. The van der Waals surface area contributed by atoms with Gasteiger partial charge in [0.15, 0.2) is 0 Å². The first-order chi connectivity index (χ1) is 7.61. The number of hydrogen-bond donors (Lipinski definition) is 1. The molecule has 0 saturated heterocycles. The van der Waals surface area contributed by atoms with Crippen molar-refractivity contribution >= 4 is 28.8 Å². The Kier molecular flexibility index (Phi) is 5.25. The summed E-state index contributed by atoms with van der Waals surface area (Å²) in [5.41, 5.74) is 0.926. The van der Waals surface area contributed by atoms with Crippen molar-refractivity contribution in [3.63, 3.8) is 0 Å². The average Bonchev–Trinajstić information content (AvgIpc) is 2.59. The third-order valence-electron chi connectivity index (χ3n) is 2.24. The summed E-state index contributed by atoms with van der Waals surface area (Å²) in [5.74, 6) is -0.0843. The highest BCUT2D eigenvalue weighted by Gasteiger charge is 2.20. The average molecular weight is 262 g/mol. The van der Waals surface area contributed by atoms with Gasteiger partial charge in [-0.05, 0) is 24.3 Å². The van der Waals surface area contributed by atoms with Crippen LogP contribution in [0.15, 0.2) is 5.38 Å². The molecule has 0 aliphatic heterocycles. The summed E-state index contributed by atoms with van der Waals surface area (Å²) < 4.78 is 0. The van der Waals surface area contributed by atoms with Crippen molar-refractivity contribution in [3.05, 3.63) is 20.8 Å². The van der Waals surface area contributed by atoms with Gasteiger partial charge in [0.25, 0.3) is 5.91 Å². The first kappa shape index (κ1) is 13.5. The molecule has 0 radical (unpaired) electrons. The van der Waals surface area contributed by atoms with E-state index in [1.165, 1.54) is 11.3 Å². The van der Waals surface area contributed by atoms with Gasteiger partial charge in [-0.2, -0.15) is 0 Å².